The molecule has 0 unspecified atom stereocenters. The number of fused-ring (bicyclic) bond motifs is 2. The molecule has 0 bridgehead atoms. The maximum absolute atomic E-state index is 14.9. The van der Waals surface area contributed by atoms with Crippen LogP contribution in [0.25, 0.3) is 27.2 Å². The van der Waals surface area contributed by atoms with Crippen LogP contribution < -0.4 is 9.47 Å². The molecule has 3 aromatic carbocycles. The average molecular weight is 459 g/mol. The van der Waals surface area contributed by atoms with Gasteiger partial charge in [-0.3, -0.25) is 9.36 Å². The minimum absolute atomic E-state index is 0.0914. The Kier molecular flexibility index (Phi) is 6.04. The van der Waals surface area contributed by atoms with Gasteiger partial charge in [-0.15, -0.1) is 0 Å². The van der Waals surface area contributed by atoms with Gasteiger partial charge in [-0.2, -0.15) is 8.78 Å². The molecule has 33 heavy (non-hydrogen) atoms. The summed E-state index contributed by atoms with van der Waals surface area (Å²) < 4.78 is 53.3. The maximum atomic E-state index is 14.9. The van der Waals surface area contributed by atoms with Crippen LogP contribution in [0.4, 0.5) is 13.2 Å². The maximum Gasteiger partial charge on any atom is 0.387 e. The molecule has 0 radical (unpaired) electrons. The fourth-order valence-electron chi connectivity index (χ4n) is 3.83. The van der Waals surface area contributed by atoms with Gasteiger partial charge in [0.1, 0.15) is 17.3 Å². The molecule has 2 N–H and O–H groups in total. The highest BCUT2D eigenvalue weighted by atomic mass is 19.3. The predicted molar refractivity (Wildman–Crippen MR) is 116 cm³/mol. The van der Waals surface area contributed by atoms with Gasteiger partial charge in [-0.05, 0) is 24.1 Å². The van der Waals surface area contributed by atoms with E-state index in [9.17, 15) is 23.1 Å². The van der Waals surface area contributed by atoms with Crippen LogP contribution in [0.1, 0.15) is 18.9 Å². The van der Waals surface area contributed by atoms with Crippen molar-refractivity contribution in [2.45, 2.75) is 26.4 Å². The van der Waals surface area contributed by atoms with Crippen LogP contribution in [0, 0.1) is 5.82 Å². The van der Waals surface area contributed by atoms with Gasteiger partial charge in [0.2, 0.25) is 5.88 Å². The number of carbonyl (C=O) groups is 1. The molecule has 0 aliphatic carbocycles. The summed E-state index contributed by atoms with van der Waals surface area (Å²) in [5, 5.41) is 21.0. The van der Waals surface area contributed by atoms with Crippen LogP contribution in [0.2, 0.25) is 0 Å². The lowest BCUT2D eigenvalue weighted by Gasteiger charge is -2.15. The summed E-state index contributed by atoms with van der Waals surface area (Å²) >= 11 is 0. The summed E-state index contributed by atoms with van der Waals surface area (Å²) in [7, 11) is 0. The van der Waals surface area contributed by atoms with E-state index in [0.29, 0.717) is 23.8 Å². The lowest BCUT2D eigenvalue weighted by atomic mass is 10.0. The van der Waals surface area contributed by atoms with Crippen molar-refractivity contribution in [3.05, 3.63) is 60.0 Å². The van der Waals surface area contributed by atoms with Crippen LogP contribution in [0.3, 0.4) is 0 Å². The van der Waals surface area contributed by atoms with Crippen LogP contribution in [-0.4, -0.2) is 34.0 Å². The van der Waals surface area contributed by atoms with E-state index >= 15 is 0 Å². The third-order valence-electron chi connectivity index (χ3n) is 5.15. The van der Waals surface area contributed by atoms with Gasteiger partial charge < -0.3 is 19.7 Å². The zero-order valence-electron chi connectivity index (χ0n) is 17.5. The van der Waals surface area contributed by atoms with E-state index in [1.54, 1.807) is 24.3 Å². The summed E-state index contributed by atoms with van der Waals surface area (Å²) in [6.45, 7) is -0.930. The number of hydrogen-bond donors (Lipinski definition) is 2. The Balaban J connectivity index is 2.02. The minimum atomic E-state index is -3.13. The topological polar surface area (TPSA) is 80.9 Å². The Morgan fingerprint density at radius 3 is 2.39 bits per heavy atom. The van der Waals surface area contributed by atoms with E-state index in [1.807, 2.05) is 6.92 Å². The number of aliphatic carboxylic acids is 1. The number of alkyl halides is 2. The second-order valence-electron chi connectivity index (χ2n) is 7.40. The largest absolute Gasteiger partial charge is 0.494 e. The molecule has 4 rings (SSSR count). The van der Waals surface area contributed by atoms with E-state index < -0.39 is 24.3 Å². The molecule has 9 heteroatoms. The van der Waals surface area contributed by atoms with Crippen molar-refractivity contribution in [3.63, 3.8) is 0 Å². The van der Waals surface area contributed by atoms with Gasteiger partial charge in [0.05, 0.1) is 29.5 Å². The highest BCUT2D eigenvalue weighted by Gasteiger charge is 2.25. The van der Waals surface area contributed by atoms with Crippen molar-refractivity contribution in [2.75, 3.05) is 6.61 Å². The Morgan fingerprint density at radius 1 is 1.09 bits per heavy atom. The van der Waals surface area contributed by atoms with Gasteiger partial charge in [0.25, 0.3) is 0 Å². The van der Waals surface area contributed by atoms with Gasteiger partial charge in [0.15, 0.2) is 0 Å². The number of ether oxygens (including phenoxy) is 2. The van der Waals surface area contributed by atoms with E-state index in [-0.39, 0.29) is 39.9 Å². The SMILES string of the molecule is CCCOc1c2ccccc2c(OC(F)F)c2cn(-c3ccc(CC(=O)O)cc3F)c(O)c12. The molecule has 0 saturated carbocycles. The Hall–Kier alpha value is -3.88. The molecule has 0 saturated heterocycles. The number of nitrogens with zero attached hydrogens (tertiary/aromatic N) is 1. The quantitative estimate of drug-likeness (QED) is 0.356. The van der Waals surface area contributed by atoms with Crippen LogP contribution >= 0.6 is 0 Å². The molecule has 4 aromatic rings. The summed E-state index contributed by atoms with van der Waals surface area (Å²) in [6.07, 6.45) is 1.58. The third-order valence-corrected chi connectivity index (χ3v) is 5.15. The summed E-state index contributed by atoms with van der Waals surface area (Å²) in [5.41, 5.74) is 0.144. The molecule has 0 aliphatic rings. The standard InChI is InChI=1S/C24H20F3NO5/c1-2-9-32-22-15-6-4-3-5-14(15)21(33-24(26)27)16-12-28(23(31)20(16)22)18-8-7-13(10-17(18)25)11-19(29)30/h3-8,10,12,24,31H,2,9,11H2,1H3,(H,29,30). The number of hydrogen-bond acceptors (Lipinski definition) is 4. The number of aromatic nitrogens is 1. The highest BCUT2D eigenvalue weighted by Crippen LogP contribution is 2.48. The van der Waals surface area contributed by atoms with E-state index in [0.717, 1.165) is 10.6 Å². The predicted octanol–water partition coefficient (Wildman–Crippen LogP) is 5.65. The molecule has 0 atom stereocenters. The second kappa shape index (κ2) is 8.93. The van der Waals surface area contributed by atoms with Crippen molar-refractivity contribution < 1.29 is 37.7 Å². The zero-order chi connectivity index (χ0) is 23.7. The summed E-state index contributed by atoms with van der Waals surface area (Å²) in [5.74, 6) is -2.23. The average Bonchev–Trinajstić information content (AvgIpc) is 3.10. The smallest absolute Gasteiger partial charge is 0.387 e. The van der Waals surface area contributed by atoms with Crippen molar-refractivity contribution in [1.82, 2.24) is 4.57 Å². The number of rotatable bonds is 8. The minimum Gasteiger partial charge on any atom is -0.494 e. The Morgan fingerprint density at radius 2 is 1.79 bits per heavy atom. The molecule has 6 nitrogen and oxygen atoms in total. The van der Waals surface area contributed by atoms with E-state index in [2.05, 4.69) is 0 Å². The van der Waals surface area contributed by atoms with Crippen LogP contribution in [-0.2, 0) is 11.2 Å². The second-order valence-corrected chi connectivity index (χ2v) is 7.40. The Bertz CT molecular complexity index is 1350. The first kappa shape index (κ1) is 22.3. The van der Waals surface area contributed by atoms with E-state index in [4.69, 9.17) is 14.6 Å². The third kappa shape index (κ3) is 4.13. The number of carboxylic acids is 1. The number of benzene rings is 3. The van der Waals surface area contributed by atoms with Gasteiger partial charge >= 0.3 is 12.6 Å². The number of carboxylic acid groups (broad SMARTS) is 1. The highest BCUT2D eigenvalue weighted by molar-refractivity contribution is 6.13. The first-order valence-electron chi connectivity index (χ1n) is 10.2. The molecule has 0 spiro atoms. The van der Waals surface area contributed by atoms with Gasteiger partial charge in [-0.1, -0.05) is 37.3 Å². The van der Waals surface area contributed by atoms with Gasteiger partial charge in [0, 0.05) is 17.0 Å². The van der Waals surface area contributed by atoms with Crippen LogP contribution in [0.15, 0.2) is 48.7 Å². The van der Waals surface area contributed by atoms with Crippen molar-refractivity contribution in [2.24, 2.45) is 0 Å². The molecular weight excluding hydrogens is 439 g/mol. The zero-order valence-corrected chi connectivity index (χ0v) is 17.5. The fourth-order valence-corrected chi connectivity index (χ4v) is 3.83. The summed E-state index contributed by atoms with van der Waals surface area (Å²) in [4.78, 5) is 10.9. The number of aromatic hydroxyl groups is 1. The molecule has 172 valence electrons. The molecule has 1 aromatic heterocycles. The molecule has 1 heterocycles. The molecule has 0 fully saturated rings. The first-order chi connectivity index (χ1) is 15.8. The molecule has 0 amide bonds. The normalized spacial score (nSPS) is 11.4. The summed E-state index contributed by atoms with van der Waals surface area (Å²) in [6, 6.07) is 10.4. The van der Waals surface area contributed by atoms with Gasteiger partial charge in [-0.25, -0.2) is 4.39 Å². The van der Waals surface area contributed by atoms with E-state index in [1.165, 1.54) is 18.3 Å². The fraction of sp³-hybridized carbons (Fsp3) is 0.208. The molecular formula is C24H20F3NO5. The monoisotopic (exact) mass is 459 g/mol. The lowest BCUT2D eigenvalue weighted by Crippen LogP contribution is -2.04. The van der Waals surface area contributed by atoms with Crippen molar-refractivity contribution in [1.29, 1.82) is 0 Å². The van der Waals surface area contributed by atoms with Crippen molar-refractivity contribution >= 4 is 27.5 Å². The lowest BCUT2D eigenvalue weighted by molar-refractivity contribution is -0.136. The first-order valence-corrected chi connectivity index (χ1v) is 10.2. The molecule has 0 aliphatic heterocycles. The van der Waals surface area contributed by atoms with Crippen LogP contribution in [0.5, 0.6) is 17.4 Å². The van der Waals surface area contributed by atoms with Crippen molar-refractivity contribution in [3.8, 4) is 23.1 Å². The Labute approximate surface area is 186 Å². The number of halogens is 3.